The Morgan fingerprint density at radius 1 is 1.78 bits per heavy atom. The first-order valence-electron chi connectivity index (χ1n) is 5.96. The fourth-order valence-corrected chi connectivity index (χ4v) is 3.24. The monoisotopic (exact) mass is 269 g/mol. The van der Waals surface area contributed by atoms with Gasteiger partial charge in [-0.05, 0) is 12.8 Å². The molecule has 2 atom stereocenters. The lowest BCUT2D eigenvalue weighted by molar-refractivity contribution is -0.152. The third-order valence-electron chi connectivity index (χ3n) is 3.77. The van der Waals surface area contributed by atoms with E-state index in [0.29, 0.717) is 5.13 Å². The second-order valence-corrected chi connectivity index (χ2v) is 6.29. The molecule has 2 rings (SSSR count). The normalized spacial score (nSPS) is 28.5. The van der Waals surface area contributed by atoms with Crippen molar-refractivity contribution in [3.05, 3.63) is 11.1 Å². The Kier molecular flexibility index (Phi) is 3.59. The highest BCUT2D eigenvalue weighted by Gasteiger charge is 2.47. The van der Waals surface area contributed by atoms with E-state index in [2.05, 4.69) is 16.8 Å². The van der Waals surface area contributed by atoms with Crippen LogP contribution >= 0.6 is 11.3 Å². The fraction of sp³-hybridized carbons (Fsp3) is 0.667. The third-order valence-corrected chi connectivity index (χ3v) is 4.59. The average Bonchev–Trinajstić information content (AvgIpc) is 2.84. The summed E-state index contributed by atoms with van der Waals surface area (Å²) in [6.45, 7) is 6.48. The molecule has 1 aromatic heterocycles. The van der Waals surface area contributed by atoms with Crippen molar-refractivity contribution in [2.75, 3.05) is 25.9 Å². The fourth-order valence-electron chi connectivity index (χ4n) is 2.51. The van der Waals surface area contributed by atoms with Crippen LogP contribution in [0.15, 0.2) is 6.20 Å². The molecule has 0 aromatic carbocycles. The molecule has 1 fully saturated rings. The topological polar surface area (TPSA) is 68.5 Å². The van der Waals surface area contributed by atoms with Gasteiger partial charge in [0.15, 0.2) is 5.13 Å². The molecule has 6 heteroatoms. The highest BCUT2D eigenvalue weighted by molar-refractivity contribution is 7.15. The molecule has 1 aliphatic heterocycles. The van der Waals surface area contributed by atoms with Crippen molar-refractivity contribution < 1.29 is 9.53 Å². The average molecular weight is 269 g/mol. The number of methoxy groups -OCH3 is 1. The number of carbonyl (C=O) groups is 1. The molecular formula is C12H19N3O2S. The Balaban J connectivity index is 2.04. The van der Waals surface area contributed by atoms with Gasteiger partial charge < -0.3 is 10.5 Å². The predicted octanol–water partition coefficient (Wildman–Crippen LogP) is 1.36. The molecule has 1 aromatic rings. The van der Waals surface area contributed by atoms with E-state index in [4.69, 9.17) is 10.5 Å². The van der Waals surface area contributed by atoms with Crippen LogP contribution in [-0.4, -0.2) is 36.1 Å². The van der Waals surface area contributed by atoms with Gasteiger partial charge >= 0.3 is 5.97 Å². The van der Waals surface area contributed by atoms with E-state index in [-0.39, 0.29) is 11.9 Å². The number of nitrogen functional groups attached to an aromatic ring is 1. The summed E-state index contributed by atoms with van der Waals surface area (Å²) in [4.78, 5) is 19.3. The number of rotatable bonds is 3. The molecule has 0 spiro atoms. The second kappa shape index (κ2) is 4.85. The first kappa shape index (κ1) is 13.3. The quantitative estimate of drug-likeness (QED) is 0.839. The van der Waals surface area contributed by atoms with Crippen LogP contribution in [-0.2, 0) is 16.1 Å². The van der Waals surface area contributed by atoms with Crippen LogP contribution in [0.2, 0.25) is 0 Å². The number of esters is 1. The maximum Gasteiger partial charge on any atom is 0.313 e. The molecule has 0 unspecified atom stereocenters. The summed E-state index contributed by atoms with van der Waals surface area (Å²) in [5.74, 6) is 0.163. The largest absolute Gasteiger partial charge is 0.469 e. The molecule has 0 saturated carbocycles. The lowest BCUT2D eigenvalue weighted by atomic mass is 9.81. The van der Waals surface area contributed by atoms with Gasteiger partial charge in [0.05, 0.1) is 12.5 Å². The van der Waals surface area contributed by atoms with Crippen LogP contribution in [0.4, 0.5) is 5.13 Å². The minimum Gasteiger partial charge on any atom is -0.469 e. The molecule has 0 aliphatic carbocycles. The zero-order chi connectivity index (χ0) is 13.3. The molecule has 18 heavy (non-hydrogen) atoms. The van der Waals surface area contributed by atoms with Crippen LogP contribution < -0.4 is 5.73 Å². The van der Waals surface area contributed by atoms with Crippen LogP contribution in [0.25, 0.3) is 0 Å². The van der Waals surface area contributed by atoms with Crippen molar-refractivity contribution >= 4 is 22.4 Å². The summed E-state index contributed by atoms with van der Waals surface area (Å²) in [6, 6.07) is 0. The number of ether oxygens (including phenoxy) is 1. The lowest BCUT2D eigenvalue weighted by Gasteiger charge is -2.24. The van der Waals surface area contributed by atoms with Gasteiger partial charge in [0.25, 0.3) is 0 Å². The maximum absolute atomic E-state index is 11.9. The van der Waals surface area contributed by atoms with E-state index in [9.17, 15) is 4.79 Å². The number of thiazole rings is 1. The predicted molar refractivity (Wildman–Crippen MR) is 71.1 cm³/mol. The van der Waals surface area contributed by atoms with Gasteiger partial charge in [0.2, 0.25) is 0 Å². The van der Waals surface area contributed by atoms with Crippen LogP contribution in [0, 0.1) is 11.3 Å². The van der Waals surface area contributed by atoms with Gasteiger partial charge in [-0.15, -0.1) is 11.3 Å². The van der Waals surface area contributed by atoms with E-state index in [1.54, 1.807) is 6.20 Å². The van der Waals surface area contributed by atoms with Gasteiger partial charge in [0, 0.05) is 30.7 Å². The summed E-state index contributed by atoms with van der Waals surface area (Å²) < 4.78 is 4.91. The molecule has 2 heterocycles. The van der Waals surface area contributed by atoms with E-state index in [1.807, 2.05) is 6.92 Å². The Labute approximate surface area is 111 Å². The molecule has 1 saturated heterocycles. The van der Waals surface area contributed by atoms with E-state index in [1.165, 1.54) is 18.4 Å². The molecular weight excluding hydrogens is 250 g/mol. The number of likely N-dealkylation sites (tertiary alicyclic amines) is 1. The molecule has 1 aliphatic rings. The number of hydrogen-bond acceptors (Lipinski definition) is 6. The zero-order valence-corrected chi connectivity index (χ0v) is 11.8. The van der Waals surface area contributed by atoms with E-state index in [0.717, 1.165) is 24.5 Å². The highest BCUT2D eigenvalue weighted by Crippen LogP contribution is 2.37. The standard InChI is InChI=1S/C12H19N3O2S/c1-8-5-15(6-9-4-14-11(13)18-9)7-12(8,2)10(16)17-3/h4,8H,5-7H2,1-3H3,(H2,13,14)/t8-,12-/m1/s1. The van der Waals surface area contributed by atoms with Crippen molar-refractivity contribution in [1.29, 1.82) is 0 Å². The summed E-state index contributed by atoms with van der Waals surface area (Å²) in [6.07, 6.45) is 1.80. The first-order valence-corrected chi connectivity index (χ1v) is 6.78. The molecule has 0 amide bonds. The van der Waals surface area contributed by atoms with Gasteiger partial charge in [-0.25, -0.2) is 4.98 Å². The highest BCUT2D eigenvalue weighted by atomic mass is 32.1. The van der Waals surface area contributed by atoms with Crippen LogP contribution in [0.1, 0.15) is 18.7 Å². The van der Waals surface area contributed by atoms with Crippen molar-refractivity contribution in [1.82, 2.24) is 9.88 Å². The van der Waals surface area contributed by atoms with E-state index >= 15 is 0 Å². The van der Waals surface area contributed by atoms with Crippen molar-refractivity contribution in [3.8, 4) is 0 Å². The Morgan fingerprint density at radius 3 is 3.06 bits per heavy atom. The molecule has 2 N–H and O–H groups in total. The van der Waals surface area contributed by atoms with E-state index < -0.39 is 5.41 Å². The summed E-state index contributed by atoms with van der Waals surface area (Å²) in [7, 11) is 1.45. The summed E-state index contributed by atoms with van der Waals surface area (Å²) >= 11 is 1.50. The van der Waals surface area contributed by atoms with Gasteiger partial charge in [0.1, 0.15) is 0 Å². The Bertz CT molecular complexity index is 448. The molecule has 0 bridgehead atoms. The molecule has 0 radical (unpaired) electrons. The number of carbonyl (C=O) groups excluding carboxylic acids is 1. The Morgan fingerprint density at radius 2 is 2.50 bits per heavy atom. The van der Waals surface area contributed by atoms with Gasteiger partial charge in [-0.1, -0.05) is 6.92 Å². The third kappa shape index (κ3) is 2.35. The summed E-state index contributed by atoms with van der Waals surface area (Å²) in [5.41, 5.74) is 5.21. The van der Waals surface area contributed by atoms with Crippen molar-refractivity contribution in [2.45, 2.75) is 20.4 Å². The molecule has 5 nitrogen and oxygen atoms in total. The molecule has 100 valence electrons. The Hall–Kier alpha value is -1.14. The number of anilines is 1. The zero-order valence-electron chi connectivity index (χ0n) is 11.0. The lowest BCUT2D eigenvalue weighted by Crippen LogP contribution is -2.36. The van der Waals surface area contributed by atoms with Crippen molar-refractivity contribution in [3.63, 3.8) is 0 Å². The SMILES string of the molecule is COC(=O)[C@]1(C)CN(Cc2cnc(N)s2)C[C@H]1C. The van der Waals surface area contributed by atoms with Crippen LogP contribution in [0.3, 0.4) is 0 Å². The van der Waals surface area contributed by atoms with Crippen LogP contribution in [0.5, 0.6) is 0 Å². The van der Waals surface area contributed by atoms with Crippen molar-refractivity contribution in [2.24, 2.45) is 11.3 Å². The van der Waals surface area contributed by atoms with Gasteiger partial charge in [-0.2, -0.15) is 0 Å². The maximum atomic E-state index is 11.9. The minimum absolute atomic E-state index is 0.124. The minimum atomic E-state index is -0.412. The number of aromatic nitrogens is 1. The number of nitrogens with zero attached hydrogens (tertiary/aromatic N) is 2. The first-order chi connectivity index (χ1) is 8.45. The smallest absolute Gasteiger partial charge is 0.313 e. The second-order valence-electron chi connectivity index (χ2n) is 5.14. The number of hydrogen-bond donors (Lipinski definition) is 1. The van der Waals surface area contributed by atoms with Gasteiger partial charge in [-0.3, -0.25) is 9.69 Å². The summed E-state index contributed by atoms with van der Waals surface area (Å²) in [5, 5.41) is 0.591. The number of nitrogens with two attached hydrogens (primary N) is 1.